The fourth-order valence-corrected chi connectivity index (χ4v) is 1.43. The Hall–Kier alpha value is -2.74. The zero-order chi connectivity index (χ0) is 14.5. The third kappa shape index (κ3) is 3.39. The lowest BCUT2D eigenvalue weighted by Gasteiger charge is -2.06. The molecule has 20 heavy (non-hydrogen) atoms. The second-order valence-corrected chi connectivity index (χ2v) is 4.04. The monoisotopic (exact) mass is 293 g/mol. The number of amides is 2. The van der Waals surface area contributed by atoms with Gasteiger partial charge < -0.3 is 0 Å². The van der Waals surface area contributed by atoms with Gasteiger partial charge in [-0.3, -0.25) is 30.2 Å². The summed E-state index contributed by atoms with van der Waals surface area (Å²) in [6, 6.07) is 3.76. The van der Waals surface area contributed by atoms with E-state index in [4.69, 9.17) is 11.6 Å². The Morgan fingerprint density at radius 1 is 1.15 bits per heavy atom. The number of H-pyrrole nitrogens is 1. The van der Waals surface area contributed by atoms with Crippen molar-refractivity contribution in [2.24, 2.45) is 0 Å². The lowest BCUT2D eigenvalue weighted by Crippen LogP contribution is -2.42. The fraction of sp³-hybridized carbons (Fsp3) is 0. The highest BCUT2D eigenvalue weighted by molar-refractivity contribution is 6.30. The lowest BCUT2D eigenvalue weighted by molar-refractivity contribution is 0.0843. The molecule has 3 N–H and O–H groups in total. The van der Waals surface area contributed by atoms with Gasteiger partial charge in [0, 0.05) is 18.5 Å². The summed E-state index contributed by atoms with van der Waals surface area (Å²) in [5, 5.41) is 5.91. The van der Waals surface area contributed by atoms with E-state index in [1.54, 1.807) is 0 Å². The van der Waals surface area contributed by atoms with Crippen molar-refractivity contribution in [1.82, 2.24) is 26.0 Å². The van der Waals surface area contributed by atoms with Crippen LogP contribution < -0.4 is 16.4 Å². The highest BCUT2D eigenvalue weighted by Crippen LogP contribution is 2.07. The van der Waals surface area contributed by atoms with Crippen LogP contribution in [-0.4, -0.2) is 27.0 Å². The van der Waals surface area contributed by atoms with Crippen LogP contribution in [0.25, 0.3) is 0 Å². The van der Waals surface area contributed by atoms with E-state index >= 15 is 0 Å². The lowest BCUT2D eigenvalue weighted by atomic mass is 10.3. The van der Waals surface area contributed by atoms with Gasteiger partial charge in [-0.1, -0.05) is 11.6 Å². The topological polar surface area (TPSA) is 117 Å². The molecule has 2 rings (SSSR count). The minimum absolute atomic E-state index is 0.0471. The predicted octanol–water partition coefficient (Wildman–Crippen LogP) is -0.107. The van der Waals surface area contributed by atoms with Crippen molar-refractivity contribution in [2.75, 3.05) is 0 Å². The van der Waals surface area contributed by atoms with Gasteiger partial charge in [0.1, 0.15) is 0 Å². The van der Waals surface area contributed by atoms with E-state index in [0.717, 1.165) is 6.07 Å². The van der Waals surface area contributed by atoms with Crippen LogP contribution in [0, 0.1) is 0 Å². The standard InChI is InChI=1S/C11H8ClN5O3/c12-7-3-6(4-13-5-7)10(19)16-17-11(20)8-1-2-9(18)15-14-8/h1-5H,(H,15,18)(H,16,19)(H,17,20). The Kier molecular flexibility index (Phi) is 4.06. The summed E-state index contributed by atoms with van der Waals surface area (Å²) in [5.74, 6) is -1.26. The first-order valence-electron chi connectivity index (χ1n) is 5.33. The number of aromatic amines is 1. The average molecular weight is 294 g/mol. The molecule has 9 heteroatoms. The van der Waals surface area contributed by atoms with E-state index < -0.39 is 17.4 Å². The molecule has 0 aliphatic rings. The molecular weight excluding hydrogens is 286 g/mol. The fourth-order valence-electron chi connectivity index (χ4n) is 1.26. The molecule has 0 spiro atoms. The number of carbonyl (C=O) groups excluding carboxylic acids is 2. The molecule has 2 heterocycles. The molecule has 0 atom stereocenters. The van der Waals surface area contributed by atoms with Crippen molar-refractivity contribution < 1.29 is 9.59 Å². The number of carbonyl (C=O) groups is 2. The average Bonchev–Trinajstić information content (AvgIpc) is 2.45. The number of nitrogens with one attached hydrogen (secondary N) is 3. The van der Waals surface area contributed by atoms with Crippen molar-refractivity contribution >= 4 is 23.4 Å². The summed E-state index contributed by atoms with van der Waals surface area (Å²) in [5.41, 5.74) is 4.02. The van der Waals surface area contributed by atoms with E-state index in [1.165, 1.54) is 24.5 Å². The predicted molar refractivity (Wildman–Crippen MR) is 69.0 cm³/mol. The van der Waals surface area contributed by atoms with Gasteiger partial charge in [0.05, 0.1) is 10.6 Å². The van der Waals surface area contributed by atoms with E-state index in [9.17, 15) is 14.4 Å². The molecule has 0 saturated heterocycles. The summed E-state index contributed by atoms with van der Waals surface area (Å²) >= 11 is 5.69. The Morgan fingerprint density at radius 2 is 1.90 bits per heavy atom. The second-order valence-electron chi connectivity index (χ2n) is 3.61. The van der Waals surface area contributed by atoms with Gasteiger partial charge in [0.25, 0.3) is 17.4 Å². The van der Waals surface area contributed by atoms with Gasteiger partial charge in [-0.2, -0.15) is 5.10 Å². The van der Waals surface area contributed by atoms with Crippen molar-refractivity contribution in [3.63, 3.8) is 0 Å². The number of hydrogen-bond acceptors (Lipinski definition) is 5. The van der Waals surface area contributed by atoms with Gasteiger partial charge in [-0.15, -0.1) is 0 Å². The number of halogens is 1. The Bertz CT molecular complexity index is 695. The minimum Gasteiger partial charge on any atom is -0.268 e. The van der Waals surface area contributed by atoms with Crippen LogP contribution in [0.15, 0.2) is 35.4 Å². The molecule has 0 saturated carbocycles. The number of nitrogens with zero attached hydrogens (tertiary/aromatic N) is 2. The van der Waals surface area contributed by atoms with Crippen LogP contribution in [-0.2, 0) is 0 Å². The first kappa shape index (κ1) is 13.7. The zero-order valence-electron chi connectivity index (χ0n) is 9.88. The molecule has 0 unspecified atom stereocenters. The summed E-state index contributed by atoms with van der Waals surface area (Å²) < 4.78 is 0. The van der Waals surface area contributed by atoms with Crippen LogP contribution >= 0.6 is 11.6 Å². The summed E-state index contributed by atoms with van der Waals surface area (Å²) in [4.78, 5) is 37.8. The Balaban J connectivity index is 1.98. The van der Waals surface area contributed by atoms with E-state index in [2.05, 4.69) is 26.0 Å². The van der Waals surface area contributed by atoms with E-state index in [0.29, 0.717) is 5.02 Å². The summed E-state index contributed by atoms with van der Waals surface area (Å²) in [6.45, 7) is 0. The number of aromatic nitrogens is 3. The smallest absolute Gasteiger partial charge is 0.268 e. The molecule has 2 aromatic rings. The highest BCUT2D eigenvalue weighted by Gasteiger charge is 2.10. The van der Waals surface area contributed by atoms with Crippen molar-refractivity contribution in [2.45, 2.75) is 0 Å². The van der Waals surface area contributed by atoms with Gasteiger partial charge in [-0.25, -0.2) is 5.10 Å². The third-order valence-electron chi connectivity index (χ3n) is 2.17. The molecule has 8 nitrogen and oxygen atoms in total. The van der Waals surface area contributed by atoms with Gasteiger partial charge in [-0.05, 0) is 12.1 Å². The molecule has 0 aliphatic heterocycles. The second kappa shape index (κ2) is 5.93. The van der Waals surface area contributed by atoms with Gasteiger partial charge in [0.15, 0.2) is 5.69 Å². The Labute approximate surface area is 117 Å². The van der Waals surface area contributed by atoms with Crippen LogP contribution in [0.5, 0.6) is 0 Å². The molecular formula is C11H8ClN5O3. The largest absolute Gasteiger partial charge is 0.290 e. The number of hydrazine groups is 1. The SMILES string of the molecule is O=C(NNC(=O)c1ccc(=O)[nH]n1)c1cncc(Cl)c1. The summed E-state index contributed by atoms with van der Waals surface area (Å²) in [7, 11) is 0. The first-order valence-corrected chi connectivity index (χ1v) is 5.71. The molecule has 0 aromatic carbocycles. The first-order chi connectivity index (χ1) is 9.56. The van der Waals surface area contributed by atoms with Gasteiger partial charge >= 0.3 is 0 Å². The molecule has 0 bridgehead atoms. The molecule has 2 amide bonds. The van der Waals surface area contributed by atoms with E-state index in [-0.39, 0.29) is 11.3 Å². The van der Waals surface area contributed by atoms with Crippen LogP contribution in [0.4, 0.5) is 0 Å². The maximum absolute atomic E-state index is 11.7. The number of hydrogen-bond donors (Lipinski definition) is 3. The molecule has 102 valence electrons. The molecule has 2 aromatic heterocycles. The van der Waals surface area contributed by atoms with Crippen LogP contribution in [0.3, 0.4) is 0 Å². The maximum atomic E-state index is 11.7. The number of pyridine rings is 1. The van der Waals surface area contributed by atoms with Gasteiger partial charge in [0.2, 0.25) is 0 Å². The zero-order valence-corrected chi connectivity index (χ0v) is 10.6. The number of rotatable bonds is 2. The Morgan fingerprint density at radius 3 is 2.55 bits per heavy atom. The minimum atomic E-state index is -0.676. The van der Waals surface area contributed by atoms with Crippen LogP contribution in [0.2, 0.25) is 5.02 Å². The maximum Gasteiger partial charge on any atom is 0.290 e. The van der Waals surface area contributed by atoms with Crippen molar-refractivity contribution in [3.8, 4) is 0 Å². The summed E-state index contributed by atoms with van der Waals surface area (Å²) in [6.07, 6.45) is 2.67. The normalized spacial score (nSPS) is 9.85. The molecule has 0 aliphatic carbocycles. The quantitative estimate of drug-likeness (QED) is 0.668. The van der Waals surface area contributed by atoms with Crippen LogP contribution in [0.1, 0.15) is 20.8 Å². The van der Waals surface area contributed by atoms with Crippen molar-refractivity contribution in [3.05, 3.63) is 57.2 Å². The molecule has 0 radical (unpaired) electrons. The highest BCUT2D eigenvalue weighted by atomic mass is 35.5. The van der Waals surface area contributed by atoms with Crippen molar-refractivity contribution in [1.29, 1.82) is 0 Å². The third-order valence-corrected chi connectivity index (χ3v) is 2.38. The van der Waals surface area contributed by atoms with E-state index in [1.807, 2.05) is 0 Å². The molecule has 0 fully saturated rings.